The number of hydrogen-bond acceptors (Lipinski definition) is 8. The van der Waals surface area contributed by atoms with Crippen molar-refractivity contribution in [1.82, 2.24) is 24.8 Å². The molecule has 4 atom stereocenters. The molecule has 0 bridgehead atoms. The van der Waals surface area contributed by atoms with Gasteiger partial charge >= 0.3 is 5.69 Å². The van der Waals surface area contributed by atoms with Crippen LogP contribution in [0.3, 0.4) is 0 Å². The second kappa shape index (κ2) is 8.86. The van der Waals surface area contributed by atoms with Gasteiger partial charge in [-0.25, -0.2) is 14.8 Å². The first-order valence-corrected chi connectivity index (χ1v) is 9.58. The topological polar surface area (TPSA) is 159 Å². The molecule has 0 spiro atoms. The van der Waals surface area contributed by atoms with Gasteiger partial charge in [-0.05, 0) is 6.92 Å². The smallest absolute Gasteiger partial charge is 0.328 e. The Bertz CT molecular complexity index is 1020. The van der Waals surface area contributed by atoms with Gasteiger partial charge in [0.2, 0.25) is 0 Å². The first kappa shape index (κ1) is 21.8. The Morgan fingerprint density at radius 2 is 1.97 bits per heavy atom. The fraction of sp³-hybridized carbons (Fsp3) is 0.526. The molecule has 11 heteroatoms. The molecule has 0 unspecified atom stereocenters. The summed E-state index contributed by atoms with van der Waals surface area (Å²) in [6.45, 7) is 5.28. The lowest BCUT2D eigenvalue weighted by Gasteiger charge is -2.38. The molecule has 162 valence electrons. The van der Waals surface area contributed by atoms with Crippen LogP contribution in [0.2, 0.25) is 0 Å². The van der Waals surface area contributed by atoms with Crippen LogP contribution in [0.5, 0.6) is 0 Å². The quantitative estimate of drug-likeness (QED) is 0.464. The Kier molecular flexibility index (Phi) is 6.44. The molecule has 30 heavy (non-hydrogen) atoms. The van der Waals surface area contributed by atoms with Crippen molar-refractivity contribution in [2.45, 2.75) is 57.6 Å². The Hall–Kier alpha value is -2.89. The van der Waals surface area contributed by atoms with E-state index in [-0.39, 0.29) is 24.6 Å². The molecule has 1 fully saturated rings. The average Bonchev–Trinajstić information content (AvgIpc) is 2.71. The number of rotatable bonds is 5. The summed E-state index contributed by atoms with van der Waals surface area (Å²) < 4.78 is 6.78. The van der Waals surface area contributed by atoms with Gasteiger partial charge in [-0.15, -0.1) is 0 Å². The van der Waals surface area contributed by atoms with Crippen LogP contribution in [0.15, 0.2) is 28.2 Å². The number of nitrogens with one attached hydrogen (secondary N) is 2. The first-order valence-electron chi connectivity index (χ1n) is 9.58. The second-order valence-corrected chi connectivity index (χ2v) is 7.64. The molecule has 2 aromatic heterocycles. The van der Waals surface area contributed by atoms with Crippen LogP contribution >= 0.6 is 0 Å². The van der Waals surface area contributed by atoms with Gasteiger partial charge in [-0.2, -0.15) is 0 Å². The molecule has 3 rings (SSSR count). The molecular formula is C19H25N5O6. The van der Waals surface area contributed by atoms with Crippen LogP contribution in [-0.2, 0) is 11.3 Å². The van der Waals surface area contributed by atoms with Gasteiger partial charge in [0.15, 0.2) is 0 Å². The van der Waals surface area contributed by atoms with Gasteiger partial charge in [0.25, 0.3) is 11.5 Å². The molecule has 0 radical (unpaired) electrons. The standard InChI is InChI=1S/C19H25N5O6/c1-9(2)16-20-4-11(5-21-16)18(28)22-12-8-30-13(15(26)14(12)25)7-24-6-10(3)17(27)23-19(24)29/h4-6,9,12-15,25-26H,7-8H2,1-3H3,(H,22,28)(H,23,27,29)/t12-,13-,14+,15-/m1/s1. The SMILES string of the molecule is Cc1cn(C[C@H]2OC[C@@H](NC(=O)c3cnc(C(C)C)nc3)[C@H](O)[C@@H]2O)c(=O)[nH]c1=O. The zero-order chi connectivity index (χ0) is 22.0. The van der Waals surface area contributed by atoms with E-state index in [1.54, 1.807) is 6.92 Å². The van der Waals surface area contributed by atoms with E-state index < -0.39 is 41.5 Å². The molecule has 0 aliphatic carbocycles. The van der Waals surface area contributed by atoms with Gasteiger partial charge in [0, 0.05) is 30.1 Å². The Labute approximate surface area is 171 Å². The van der Waals surface area contributed by atoms with E-state index in [1.165, 1.54) is 23.2 Å². The van der Waals surface area contributed by atoms with E-state index in [2.05, 4.69) is 20.3 Å². The lowest BCUT2D eigenvalue weighted by molar-refractivity contribution is -0.152. The third-order valence-corrected chi connectivity index (χ3v) is 4.97. The Morgan fingerprint density at radius 3 is 2.60 bits per heavy atom. The van der Waals surface area contributed by atoms with E-state index in [1.807, 2.05) is 13.8 Å². The summed E-state index contributed by atoms with van der Waals surface area (Å²) in [5.41, 5.74) is -0.583. The van der Waals surface area contributed by atoms with Gasteiger partial charge < -0.3 is 20.3 Å². The molecular weight excluding hydrogens is 394 g/mol. The summed E-state index contributed by atoms with van der Waals surface area (Å²) in [6, 6.07) is -0.859. The summed E-state index contributed by atoms with van der Waals surface area (Å²) in [7, 11) is 0. The van der Waals surface area contributed by atoms with Gasteiger partial charge in [-0.1, -0.05) is 13.8 Å². The monoisotopic (exact) mass is 419 g/mol. The van der Waals surface area contributed by atoms with Gasteiger partial charge in [0.05, 0.1) is 24.8 Å². The third kappa shape index (κ3) is 4.64. The number of amides is 1. The van der Waals surface area contributed by atoms with Crippen LogP contribution in [0.4, 0.5) is 0 Å². The fourth-order valence-electron chi connectivity index (χ4n) is 3.12. The highest BCUT2D eigenvalue weighted by Crippen LogP contribution is 2.17. The van der Waals surface area contributed by atoms with Crippen molar-refractivity contribution in [2.75, 3.05) is 6.61 Å². The highest BCUT2D eigenvalue weighted by Gasteiger charge is 2.39. The molecule has 0 aromatic carbocycles. The predicted molar refractivity (Wildman–Crippen MR) is 105 cm³/mol. The van der Waals surface area contributed by atoms with Crippen molar-refractivity contribution in [3.63, 3.8) is 0 Å². The van der Waals surface area contributed by atoms with Gasteiger partial charge in [0.1, 0.15) is 24.1 Å². The van der Waals surface area contributed by atoms with Crippen molar-refractivity contribution in [1.29, 1.82) is 0 Å². The number of ether oxygens (including phenoxy) is 1. The summed E-state index contributed by atoms with van der Waals surface area (Å²) >= 11 is 0. The van der Waals surface area contributed by atoms with Crippen LogP contribution in [0, 0.1) is 6.92 Å². The minimum atomic E-state index is -1.36. The number of carbonyl (C=O) groups is 1. The normalized spacial score (nSPS) is 24.1. The molecule has 1 aliphatic rings. The van der Waals surface area contributed by atoms with Crippen molar-refractivity contribution in [3.05, 3.63) is 56.4 Å². The summed E-state index contributed by atoms with van der Waals surface area (Å²) in [6.07, 6.45) is 0.587. The Balaban J connectivity index is 1.64. The van der Waals surface area contributed by atoms with Crippen LogP contribution in [-0.4, -0.2) is 66.6 Å². The van der Waals surface area contributed by atoms with Crippen LogP contribution < -0.4 is 16.6 Å². The van der Waals surface area contributed by atoms with E-state index in [0.29, 0.717) is 11.4 Å². The predicted octanol–water partition coefficient (Wildman–Crippen LogP) is -1.32. The highest BCUT2D eigenvalue weighted by molar-refractivity contribution is 5.93. The molecule has 11 nitrogen and oxygen atoms in total. The second-order valence-electron chi connectivity index (χ2n) is 7.64. The number of aromatic nitrogens is 4. The molecule has 1 saturated heterocycles. The molecule has 0 saturated carbocycles. The lowest BCUT2D eigenvalue weighted by Crippen LogP contribution is -2.60. The Morgan fingerprint density at radius 1 is 1.30 bits per heavy atom. The fourth-order valence-corrected chi connectivity index (χ4v) is 3.12. The van der Waals surface area contributed by atoms with E-state index >= 15 is 0 Å². The summed E-state index contributed by atoms with van der Waals surface area (Å²) in [4.78, 5) is 46.3. The van der Waals surface area contributed by atoms with E-state index in [0.717, 1.165) is 0 Å². The number of carbonyl (C=O) groups excluding carboxylic acids is 1. The minimum absolute atomic E-state index is 0.0696. The average molecular weight is 419 g/mol. The number of aliphatic hydroxyl groups excluding tert-OH is 2. The molecule has 1 amide bonds. The maximum Gasteiger partial charge on any atom is 0.328 e. The number of aryl methyl sites for hydroxylation is 1. The molecule has 2 aromatic rings. The molecule has 1 aliphatic heterocycles. The van der Waals surface area contributed by atoms with E-state index in [4.69, 9.17) is 4.74 Å². The van der Waals surface area contributed by atoms with E-state index in [9.17, 15) is 24.6 Å². The number of hydrogen-bond donors (Lipinski definition) is 4. The maximum absolute atomic E-state index is 12.4. The number of H-pyrrole nitrogens is 1. The van der Waals surface area contributed by atoms with Crippen molar-refractivity contribution in [2.24, 2.45) is 0 Å². The third-order valence-electron chi connectivity index (χ3n) is 4.97. The number of nitrogens with zero attached hydrogens (tertiary/aromatic N) is 3. The van der Waals surface area contributed by atoms with Gasteiger partial charge in [-0.3, -0.25) is 19.1 Å². The lowest BCUT2D eigenvalue weighted by atomic mass is 9.97. The highest BCUT2D eigenvalue weighted by atomic mass is 16.5. The molecule has 3 heterocycles. The zero-order valence-corrected chi connectivity index (χ0v) is 16.9. The van der Waals surface area contributed by atoms with Crippen molar-refractivity contribution < 1.29 is 19.7 Å². The first-order chi connectivity index (χ1) is 14.2. The summed E-state index contributed by atoms with van der Waals surface area (Å²) in [5, 5.41) is 23.5. The summed E-state index contributed by atoms with van der Waals surface area (Å²) in [5.74, 6) is 0.233. The van der Waals surface area contributed by atoms with Crippen molar-refractivity contribution in [3.8, 4) is 0 Å². The minimum Gasteiger partial charge on any atom is -0.388 e. The van der Waals surface area contributed by atoms with Crippen LogP contribution in [0.1, 0.15) is 41.5 Å². The van der Waals surface area contributed by atoms with Crippen molar-refractivity contribution >= 4 is 5.91 Å². The molecule has 4 N–H and O–H groups in total. The maximum atomic E-state index is 12.4. The zero-order valence-electron chi connectivity index (χ0n) is 16.9. The van der Waals surface area contributed by atoms with Crippen LogP contribution in [0.25, 0.3) is 0 Å². The number of aliphatic hydroxyl groups is 2. The largest absolute Gasteiger partial charge is 0.388 e. The number of aromatic amines is 1.